The number of ether oxygens (including phenoxy) is 2. The zero-order chi connectivity index (χ0) is 17.3. The van der Waals surface area contributed by atoms with Crippen LogP contribution in [0.3, 0.4) is 0 Å². The maximum atomic E-state index is 6.17. The van der Waals surface area contributed by atoms with Gasteiger partial charge in [0.05, 0.1) is 13.2 Å². The van der Waals surface area contributed by atoms with Crippen molar-refractivity contribution in [1.29, 1.82) is 0 Å². The van der Waals surface area contributed by atoms with Gasteiger partial charge in [0, 0.05) is 43.3 Å². The summed E-state index contributed by atoms with van der Waals surface area (Å²) in [5.41, 5.74) is 2.22. The summed E-state index contributed by atoms with van der Waals surface area (Å²) >= 11 is 6.17. The minimum absolute atomic E-state index is 0. The lowest BCUT2D eigenvalue weighted by atomic mass is 10.2. The van der Waals surface area contributed by atoms with E-state index in [1.54, 1.807) is 0 Å². The van der Waals surface area contributed by atoms with E-state index < -0.39 is 0 Å². The number of morpholine rings is 1. The third-order valence-electron chi connectivity index (χ3n) is 4.29. The SMILES string of the molecule is Clc1ccccc1COc1cccc(CNCCN2CCOCC2)c1.[Cl-].[Cl-]. The zero-order valence-electron chi connectivity index (χ0n) is 15.2. The van der Waals surface area contributed by atoms with Gasteiger partial charge in [-0.2, -0.15) is 0 Å². The van der Waals surface area contributed by atoms with Gasteiger partial charge in [-0.05, 0) is 23.8 Å². The second kappa shape index (κ2) is 13.2. The van der Waals surface area contributed by atoms with Crippen LogP contribution in [-0.2, 0) is 17.9 Å². The lowest BCUT2D eigenvalue weighted by molar-refractivity contribution is -0.001000. The van der Waals surface area contributed by atoms with E-state index in [0.29, 0.717) is 6.61 Å². The van der Waals surface area contributed by atoms with Crippen LogP contribution >= 0.6 is 11.6 Å². The first kappa shape index (κ1) is 24.0. The van der Waals surface area contributed by atoms with Crippen LogP contribution in [0, 0.1) is 0 Å². The topological polar surface area (TPSA) is 33.7 Å². The molecule has 0 atom stereocenters. The maximum absolute atomic E-state index is 6.17. The first-order valence-corrected chi connectivity index (χ1v) is 9.15. The van der Waals surface area contributed by atoms with Crippen LogP contribution in [0.4, 0.5) is 0 Å². The van der Waals surface area contributed by atoms with Crippen molar-refractivity contribution in [1.82, 2.24) is 10.2 Å². The van der Waals surface area contributed by atoms with Crippen LogP contribution < -0.4 is 34.9 Å². The van der Waals surface area contributed by atoms with Gasteiger partial charge >= 0.3 is 0 Å². The Morgan fingerprint density at radius 1 is 1.04 bits per heavy atom. The molecule has 2 aromatic carbocycles. The van der Waals surface area contributed by atoms with Crippen molar-refractivity contribution in [3.8, 4) is 5.75 Å². The summed E-state index contributed by atoms with van der Waals surface area (Å²) in [6.45, 7) is 7.13. The summed E-state index contributed by atoms with van der Waals surface area (Å²) in [7, 11) is 0. The third kappa shape index (κ3) is 8.26. The van der Waals surface area contributed by atoms with E-state index >= 15 is 0 Å². The predicted octanol–water partition coefficient (Wildman–Crippen LogP) is -2.65. The quantitative estimate of drug-likeness (QED) is 0.463. The molecule has 1 N–H and O–H groups in total. The molecule has 0 amide bonds. The zero-order valence-corrected chi connectivity index (χ0v) is 17.4. The smallest absolute Gasteiger partial charge is 0.120 e. The average Bonchev–Trinajstić information content (AvgIpc) is 2.66. The number of halogens is 3. The summed E-state index contributed by atoms with van der Waals surface area (Å²) < 4.78 is 11.2. The van der Waals surface area contributed by atoms with E-state index in [4.69, 9.17) is 21.1 Å². The second-order valence-electron chi connectivity index (χ2n) is 6.16. The Morgan fingerprint density at radius 3 is 2.59 bits per heavy atom. The molecular weight excluding hydrogens is 407 g/mol. The molecule has 1 fully saturated rings. The van der Waals surface area contributed by atoms with Crippen molar-refractivity contribution in [2.24, 2.45) is 0 Å². The van der Waals surface area contributed by atoms with Crippen molar-refractivity contribution in [3.05, 3.63) is 64.7 Å². The van der Waals surface area contributed by atoms with E-state index in [0.717, 1.165) is 62.3 Å². The van der Waals surface area contributed by atoms with Crippen molar-refractivity contribution in [2.45, 2.75) is 13.2 Å². The number of hydrogen-bond donors (Lipinski definition) is 1. The molecule has 0 radical (unpaired) electrons. The van der Waals surface area contributed by atoms with Crippen molar-refractivity contribution in [3.63, 3.8) is 0 Å². The number of benzene rings is 2. The van der Waals surface area contributed by atoms with Gasteiger partial charge in [0.1, 0.15) is 12.4 Å². The average molecular weight is 432 g/mol. The minimum Gasteiger partial charge on any atom is -1.00 e. The molecule has 3 rings (SSSR count). The summed E-state index contributed by atoms with van der Waals surface area (Å²) in [6, 6.07) is 16.0. The largest absolute Gasteiger partial charge is 1.00 e. The lowest BCUT2D eigenvalue weighted by Gasteiger charge is -2.26. The van der Waals surface area contributed by atoms with E-state index in [1.807, 2.05) is 36.4 Å². The summed E-state index contributed by atoms with van der Waals surface area (Å²) in [5, 5.41) is 4.24. The molecule has 0 unspecified atom stereocenters. The first-order valence-electron chi connectivity index (χ1n) is 8.77. The Morgan fingerprint density at radius 2 is 1.81 bits per heavy atom. The van der Waals surface area contributed by atoms with E-state index in [9.17, 15) is 0 Å². The molecule has 7 heteroatoms. The molecule has 150 valence electrons. The van der Waals surface area contributed by atoms with Gasteiger partial charge < -0.3 is 39.6 Å². The fourth-order valence-electron chi connectivity index (χ4n) is 2.82. The molecular formula is C20H25Cl3N2O2-2. The van der Waals surface area contributed by atoms with Crippen molar-refractivity contribution < 1.29 is 34.3 Å². The fourth-order valence-corrected chi connectivity index (χ4v) is 3.01. The molecule has 4 nitrogen and oxygen atoms in total. The summed E-state index contributed by atoms with van der Waals surface area (Å²) in [4.78, 5) is 2.43. The molecule has 27 heavy (non-hydrogen) atoms. The molecule has 1 aliphatic rings. The molecule has 0 aromatic heterocycles. The Labute approximate surface area is 179 Å². The molecule has 0 aliphatic carbocycles. The fraction of sp³-hybridized carbons (Fsp3) is 0.400. The monoisotopic (exact) mass is 430 g/mol. The van der Waals surface area contributed by atoms with Crippen LogP contribution in [0.1, 0.15) is 11.1 Å². The van der Waals surface area contributed by atoms with Gasteiger partial charge in [0.25, 0.3) is 0 Å². The predicted molar refractivity (Wildman–Crippen MR) is 101 cm³/mol. The highest BCUT2D eigenvalue weighted by atomic mass is 35.5. The summed E-state index contributed by atoms with van der Waals surface area (Å²) in [6.07, 6.45) is 0. The molecule has 1 saturated heterocycles. The van der Waals surface area contributed by atoms with Crippen molar-refractivity contribution >= 4 is 11.6 Å². The van der Waals surface area contributed by atoms with Crippen LogP contribution in [0.2, 0.25) is 5.02 Å². The van der Waals surface area contributed by atoms with Crippen LogP contribution in [0.5, 0.6) is 5.75 Å². The van der Waals surface area contributed by atoms with Crippen molar-refractivity contribution in [2.75, 3.05) is 39.4 Å². The van der Waals surface area contributed by atoms with Gasteiger partial charge in [-0.1, -0.05) is 41.9 Å². The molecule has 0 bridgehead atoms. The third-order valence-corrected chi connectivity index (χ3v) is 4.66. The number of nitrogens with zero attached hydrogens (tertiary/aromatic N) is 1. The molecule has 0 saturated carbocycles. The van der Waals surface area contributed by atoms with Gasteiger partial charge in [-0.3, -0.25) is 4.90 Å². The van der Waals surface area contributed by atoms with Gasteiger partial charge in [-0.25, -0.2) is 0 Å². The Bertz CT molecular complexity index is 667. The minimum atomic E-state index is 0. The molecule has 0 spiro atoms. The highest BCUT2D eigenvalue weighted by molar-refractivity contribution is 6.31. The first-order chi connectivity index (χ1) is 12.3. The number of rotatable bonds is 8. The van der Waals surface area contributed by atoms with Crippen LogP contribution in [-0.4, -0.2) is 44.3 Å². The maximum Gasteiger partial charge on any atom is 0.120 e. The van der Waals surface area contributed by atoms with Gasteiger partial charge in [0.2, 0.25) is 0 Å². The Hall–Kier alpha value is -1.01. The van der Waals surface area contributed by atoms with Gasteiger partial charge in [-0.15, -0.1) is 0 Å². The molecule has 1 heterocycles. The number of nitrogens with one attached hydrogen (secondary N) is 1. The Balaban J connectivity index is 0.00000182. The summed E-state index contributed by atoms with van der Waals surface area (Å²) in [5.74, 6) is 0.868. The molecule has 1 aliphatic heterocycles. The van der Waals surface area contributed by atoms with Gasteiger partial charge in [0.15, 0.2) is 0 Å². The van der Waals surface area contributed by atoms with E-state index in [2.05, 4.69) is 22.3 Å². The van der Waals surface area contributed by atoms with Crippen LogP contribution in [0.25, 0.3) is 0 Å². The second-order valence-corrected chi connectivity index (χ2v) is 6.57. The Kier molecular flexibility index (Phi) is 11.8. The van der Waals surface area contributed by atoms with Crippen LogP contribution in [0.15, 0.2) is 48.5 Å². The number of hydrogen-bond acceptors (Lipinski definition) is 4. The lowest BCUT2D eigenvalue weighted by Crippen LogP contribution is -3.00. The van der Waals surface area contributed by atoms with E-state index in [1.165, 1.54) is 5.56 Å². The normalized spacial score (nSPS) is 14.1. The highest BCUT2D eigenvalue weighted by Gasteiger charge is 2.09. The standard InChI is InChI=1S/C20H25ClN2O2.2ClH/c21-20-7-2-1-5-18(20)16-25-19-6-3-4-17(14-19)15-22-8-9-23-10-12-24-13-11-23;;/h1-7,14,22H,8-13,15-16H2;2*1H/p-2. The molecule has 2 aromatic rings. The van der Waals surface area contributed by atoms with E-state index in [-0.39, 0.29) is 24.8 Å². The highest BCUT2D eigenvalue weighted by Crippen LogP contribution is 2.19.